The first kappa shape index (κ1) is 19.3. The summed E-state index contributed by atoms with van der Waals surface area (Å²) in [5.41, 5.74) is 1.74. The van der Waals surface area contributed by atoms with Crippen LogP contribution in [0.5, 0.6) is 5.75 Å². The van der Waals surface area contributed by atoms with Gasteiger partial charge in [-0.2, -0.15) is 12.1 Å². The van der Waals surface area contributed by atoms with Gasteiger partial charge in [-0.25, -0.2) is 0 Å². The summed E-state index contributed by atoms with van der Waals surface area (Å²) >= 11 is 5.58. The van der Waals surface area contributed by atoms with Gasteiger partial charge in [0.2, 0.25) is 5.56 Å². The first-order chi connectivity index (χ1) is 9.58. The third-order valence-corrected chi connectivity index (χ3v) is 4.31. The van der Waals surface area contributed by atoms with Gasteiger partial charge in [-0.1, -0.05) is 27.2 Å². The Balaban J connectivity index is 0.00000220. The number of pyridine rings is 1. The maximum atomic E-state index is 12.2. The number of aromatic nitrogens is 1. The van der Waals surface area contributed by atoms with Gasteiger partial charge in [0.1, 0.15) is 5.75 Å². The van der Waals surface area contributed by atoms with Crippen LogP contribution in [0.25, 0.3) is 11.3 Å². The zero-order valence-electron chi connectivity index (χ0n) is 11.8. The summed E-state index contributed by atoms with van der Waals surface area (Å²) in [6, 6.07) is 10.7. The molecule has 0 atom stereocenters. The minimum atomic E-state index is 0. The summed E-state index contributed by atoms with van der Waals surface area (Å²) in [4.78, 5) is 12.2. The van der Waals surface area contributed by atoms with Crippen LogP contribution in [-0.4, -0.2) is 11.2 Å². The first-order valence-electron chi connectivity index (χ1n) is 6.32. The molecule has 1 radical (unpaired) electrons. The molecule has 2 aromatic rings. The van der Waals surface area contributed by atoms with Crippen molar-refractivity contribution in [3.8, 4) is 17.0 Å². The van der Waals surface area contributed by atoms with Crippen molar-refractivity contribution in [1.82, 2.24) is 4.57 Å². The summed E-state index contributed by atoms with van der Waals surface area (Å²) in [5.74, 6) is 0.805. The maximum absolute atomic E-state index is 12.2. The van der Waals surface area contributed by atoms with Gasteiger partial charge in [-0.3, -0.25) is 4.79 Å². The van der Waals surface area contributed by atoms with Crippen LogP contribution in [0.4, 0.5) is 0 Å². The van der Waals surface area contributed by atoms with Crippen molar-refractivity contribution < 1.29 is 37.4 Å². The summed E-state index contributed by atoms with van der Waals surface area (Å²) in [6.45, 7) is 5.14. The molecule has 0 unspecified atom stereocenters. The number of ether oxygens (including phenoxy) is 1. The number of nitrogens with zero attached hydrogens (tertiary/aromatic N) is 1. The molecule has 0 aliphatic heterocycles. The van der Waals surface area contributed by atoms with Crippen LogP contribution in [0.1, 0.15) is 13.8 Å². The Morgan fingerprint density at radius 3 is 2.67 bits per heavy atom. The Labute approximate surface area is 171 Å². The van der Waals surface area contributed by atoms with E-state index in [0.29, 0.717) is 16.7 Å². The van der Waals surface area contributed by atoms with Gasteiger partial charge in [-0.15, -0.1) is 28.7 Å². The predicted octanol–water partition coefficient (Wildman–Crippen LogP) is 4.10. The van der Waals surface area contributed by atoms with Crippen molar-refractivity contribution in [1.29, 1.82) is 0 Å². The maximum Gasteiger partial charge on any atom is 0.207 e. The van der Waals surface area contributed by atoms with Crippen LogP contribution in [0.3, 0.4) is 0 Å². The number of benzene rings is 1. The molecular formula is C15H14BrINO2Y-. The summed E-state index contributed by atoms with van der Waals surface area (Å²) < 4.78 is 8.76. The van der Waals surface area contributed by atoms with E-state index in [1.54, 1.807) is 10.6 Å². The molecule has 0 aliphatic rings. The minimum absolute atomic E-state index is 0. The molecule has 1 aromatic heterocycles. The molecule has 0 saturated carbocycles. The Kier molecular flexibility index (Phi) is 8.10. The van der Waals surface area contributed by atoms with Crippen LogP contribution in [0.2, 0.25) is 0 Å². The summed E-state index contributed by atoms with van der Waals surface area (Å²) in [5, 5.41) is 0. The second-order valence-electron chi connectivity index (χ2n) is 4.11. The molecule has 0 amide bonds. The third-order valence-electron chi connectivity index (χ3n) is 2.88. The minimum Gasteiger partial charge on any atom is -0.494 e. The Hall–Kier alpha value is 0.284. The molecule has 0 saturated heterocycles. The first-order valence-corrected chi connectivity index (χ1v) is 8.19. The number of hydrogen-bond acceptors (Lipinski definition) is 2. The quantitative estimate of drug-likeness (QED) is 0.436. The van der Waals surface area contributed by atoms with E-state index in [2.05, 4.69) is 22.0 Å². The zero-order chi connectivity index (χ0) is 14.7. The van der Waals surface area contributed by atoms with E-state index in [-0.39, 0.29) is 38.3 Å². The molecule has 0 bridgehead atoms. The van der Waals surface area contributed by atoms with Crippen molar-refractivity contribution in [2.45, 2.75) is 20.4 Å². The normalized spacial score (nSPS) is 10.1. The molecule has 6 heteroatoms. The van der Waals surface area contributed by atoms with Crippen LogP contribution < -0.4 is 10.3 Å². The number of halogens is 2. The average Bonchev–Trinajstić information content (AvgIpc) is 2.43. The largest absolute Gasteiger partial charge is 0.494 e. The van der Waals surface area contributed by atoms with Gasteiger partial charge >= 0.3 is 0 Å². The molecule has 0 spiro atoms. The van der Waals surface area contributed by atoms with Crippen LogP contribution in [0.15, 0.2) is 33.5 Å². The van der Waals surface area contributed by atoms with Gasteiger partial charge in [-0.05, 0) is 34.0 Å². The second-order valence-corrected chi connectivity index (χ2v) is 6.13. The Bertz CT molecular complexity index is 688. The SMILES string of the molecule is CCOc1ccc(-c2[c-]cc(I)c(=O)n2CC)c(Br)c1.[Y]. The van der Waals surface area contributed by atoms with E-state index < -0.39 is 0 Å². The fraction of sp³-hybridized carbons (Fsp3) is 0.267. The van der Waals surface area contributed by atoms with Crippen LogP contribution in [-0.2, 0) is 39.3 Å². The molecule has 1 aromatic carbocycles. The van der Waals surface area contributed by atoms with Crippen LogP contribution in [0, 0.1) is 9.64 Å². The van der Waals surface area contributed by atoms with E-state index >= 15 is 0 Å². The average molecular weight is 536 g/mol. The molecule has 1 heterocycles. The van der Waals surface area contributed by atoms with Gasteiger partial charge in [0.05, 0.1) is 6.61 Å². The fourth-order valence-electron chi connectivity index (χ4n) is 1.97. The smallest absolute Gasteiger partial charge is 0.207 e. The van der Waals surface area contributed by atoms with E-state index in [9.17, 15) is 4.79 Å². The van der Waals surface area contributed by atoms with Crippen LogP contribution >= 0.6 is 38.5 Å². The zero-order valence-corrected chi connectivity index (χ0v) is 18.4. The molecule has 0 N–H and O–H groups in total. The fourth-order valence-corrected chi connectivity index (χ4v) is 2.96. The standard InChI is InChI=1S/C15H14BrINO2.Y/c1-3-18-14(8-7-13(17)15(18)19)11-6-5-10(20-4-2)9-12(11)16;/h5-7,9H,3-4H2,1-2H3;/q-1;. The van der Waals surface area contributed by atoms with Crippen molar-refractivity contribution in [2.75, 3.05) is 6.61 Å². The number of rotatable bonds is 4. The Morgan fingerprint density at radius 1 is 1.38 bits per heavy atom. The number of hydrogen-bond donors (Lipinski definition) is 0. The monoisotopic (exact) mass is 535 g/mol. The molecule has 3 nitrogen and oxygen atoms in total. The van der Waals surface area contributed by atoms with Gasteiger partial charge in [0, 0.05) is 39.3 Å². The second kappa shape index (κ2) is 8.80. The Morgan fingerprint density at radius 2 is 2.10 bits per heavy atom. The predicted molar refractivity (Wildman–Crippen MR) is 92.2 cm³/mol. The van der Waals surface area contributed by atoms with E-state index in [4.69, 9.17) is 4.74 Å². The van der Waals surface area contributed by atoms with Crippen molar-refractivity contribution in [3.63, 3.8) is 0 Å². The van der Waals surface area contributed by atoms with E-state index in [1.165, 1.54) is 0 Å². The molecule has 109 valence electrons. The van der Waals surface area contributed by atoms with Crippen molar-refractivity contribution in [2.24, 2.45) is 0 Å². The molecular weight excluding hydrogens is 522 g/mol. The van der Waals surface area contributed by atoms with Gasteiger partial charge in [0.15, 0.2) is 0 Å². The van der Waals surface area contributed by atoms with E-state index in [1.807, 2.05) is 54.6 Å². The van der Waals surface area contributed by atoms with Crippen molar-refractivity contribution in [3.05, 3.63) is 48.7 Å². The molecule has 0 fully saturated rings. The summed E-state index contributed by atoms with van der Waals surface area (Å²) in [6.07, 6.45) is 0. The summed E-state index contributed by atoms with van der Waals surface area (Å²) in [7, 11) is 0. The van der Waals surface area contributed by atoms with Gasteiger partial charge < -0.3 is 9.30 Å². The molecule has 0 aliphatic carbocycles. The topological polar surface area (TPSA) is 31.2 Å². The molecule has 21 heavy (non-hydrogen) atoms. The molecule has 2 rings (SSSR count). The third kappa shape index (κ3) is 4.39. The van der Waals surface area contributed by atoms with Gasteiger partial charge in [0.25, 0.3) is 0 Å². The van der Waals surface area contributed by atoms with Crippen molar-refractivity contribution >= 4 is 38.5 Å². The van der Waals surface area contributed by atoms with E-state index in [0.717, 1.165) is 21.5 Å².